The molecule has 4 nitrogen and oxygen atoms in total. The molecule has 0 saturated heterocycles. The molecular weight excluding hydrogens is 206 g/mol. The predicted octanol–water partition coefficient (Wildman–Crippen LogP) is 1.62. The second kappa shape index (κ2) is 3.35. The van der Waals surface area contributed by atoms with Gasteiger partial charge in [-0.15, -0.1) is 0 Å². The van der Waals surface area contributed by atoms with Crippen LogP contribution in [0.15, 0.2) is 30.3 Å². The fourth-order valence-electron chi connectivity index (χ4n) is 2.16. The Morgan fingerprint density at radius 1 is 1.44 bits per heavy atom. The second-order valence-electron chi connectivity index (χ2n) is 3.94. The summed E-state index contributed by atoms with van der Waals surface area (Å²) in [5.41, 5.74) is 2.12. The Morgan fingerprint density at radius 3 is 3.06 bits per heavy atom. The monoisotopic (exact) mass is 217 g/mol. The molecule has 1 atom stereocenters. The average Bonchev–Trinajstić information content (AvgIpc) is 2.66. The van der Waals surface area contributed by atoms with Crippen molar-refractivity contribution < 1.29 is 14.6 Å². The molecule has 0 aliphatic carbocycles. The first kappa shape index (κ1) is 9.42. The fourth-order valence-corrected chi connectivity index (χ4v) is 2.16. The zero-order valence-electron chi connectivity index (χ0n) is 8.59. The number of hydrogen-bond donors (Lipinski definition) is 1. The van der Waals surface area contributed by atoms with Crippen LogP contribution < -0.4 is 0 Å². The van der Waals surface area contributed by atoms with Gasteiger partial charge in [0.15, 0.2) is 6.10 Å². The molecule has 0 fully saturated rings. The Hall–Kier alpha value is -1.81. The molecule has 1 aliphatic heterocycles. The van der Waals surface area contributed by atoms with E-state index in [0.29, 0.717) is 13.2 Å². The quantitative estimate of drug-likeness (QED) is 0.789. The number of ether oxygens (including phenoxy) is 1. The third-order valence-electron chi connectivity index (χ3n) is 2.95. The minimum absolute atomic E-state index is 0.367. The number of para-hydroxylation sites is 1. The summed E-state index contributed by atoms with van der Waals surface area (Å²) in [6, 6.07) is 10.0. The number of hydrogen-bond acceptors (Lipinski definition) is 2. The SMILES string of the molecule is O=C(O)C1Cn2c(cc3ccccc32)CO1. The van der Waals surface area contributed by atoms with E-state index in [9.17, 15) is 4.79 Å². The molecule has 1 aromatic heterocycles. The molecule has 1 aliphatic rings. The Labute approximate surface area is 92.1 Å². The first-order valence-electron chi connectivity index (χ1n) is 5.17. The Balaban J connectivity index is 2.11. The van der Waals surface area contributed by atoms with Gasteiger partial charge in [0.1, 0.15) is 0 Å². The van der Waals surface area contributed by atoms with Crippen molar-refractivity contribution in [1.82, 2.24) is 4.57 Å². The zero-order chi connectivity index (χ0) is 11.1. The third-order valence-corrected chi connectivity index (χ3v) is 2.95. The standard InChI is InChI=1S/C12H11NO3/c14-12(15)11-6-13-9(7-16-11)5-8-3-1-2-4-10(8)13/h1-5,11H,6-7H2,(H,14,15). The zero-order valence-corrected chi connectivity index (χ0v) is 8.59. The van der Waals surface area contributed by atoms with E-state index in [1.165, 1.54) is 0 Å². The highest BCUT2D eigenvalue weighted by molar-refractivity contribution is 5.82. The molecular formula is C12H11NO3. The first-order chi connectivity index (χ1) is 7.75. The minimum atomic E-state index is -0.900. The molecule has 0 amide bonds. The number of nitrogens with zero attached hydrogens (tertiary/aromatic N) is 1. The Bertz CT molecular complexity index is 558. The van der Waals surface area contributed by atoms with Crippen LogP contribution in [-0.2, 0) is 22.7 Å². The second-order valence-corrected chi connectivity index (χ2v) is 3.94. The van der Waals surface area contributed by atoms with Gasteiger partial charge in [0.2, 0.25) is 0 Å². The highest BCUT2D eigenvalue weighted by Crippen LogP contribution is 2.24. The number of rotatable bonds is 1. The van der Waals surface area contributed by atoms with E-state index in [1.807, 2.05) is 34.9 Å². The smallest absolute Gasteiger partial charge is 0.334 e. The van der Waals surface area contributed by atoms with Crippen molar-refractivity contribution in [3.8, 4) is 0 Å². The van der Waals surface area contributed by atoms with Gasteiger partial charge in [-0.3, -0.25) is 0 Å². The van der Waals surface area contributed by atoms with Crippen molar-refractivity contribution in [1.29, 1.82) is 0 Å². The number of carbonyl (C=O) groups is 1. The van der Waals surface area contributed by atoms with Crippen LogP contribution in [0.4, 0.5) is 0 Å². The molecule has 82 valence electrons. The van der Waals surface area contributed by atoms with Gasteiger partial charge in [-0.25, -0.2) is 4.79 Å². The van der Waals surface area contributed by atoms with Crippen molar-refractivity contribution in [2.75, 3.05) is 0 Å². The summed E-state index contributed by atoms with van der Waals surface area (Å²) in [5, 5.41) is 10.1. The van der Waals surface area contributed by atoms with Crippen LogP contribution in [0.25, 0.3) is 10.9 Å². The van der Waals surface area contributed by atoms with Gasteiger partial charge < -0.3 is 14.4 Å². The van der Waals surface area contributed by atoms with E-state index in [2.05, 4.69) is 0 Å². The summed E-state index contributed by atoms with van der Waals surface area (Å²) >= 11 is 0. The maximum Gasteiger partial charge on any atom is 0.334 e. The largest absolute Gasteiger partial charge is 0.479 e. The van der Waals surface area contributed by atoms with E-state index in [-0.39, 0.29) is 0 Å². The number of aliphatic carboxylic acids is 1. The van der Waals surface area contributed by atoms with Crippen LogP contribution in [0.1, 0.15) is 5.69 Å². The molecule has 2 heterocycles. The van der Waals surface area contributed by atoms with E-state index in [4.69, 9.17) is 9.84 Å². The van der Waals surface area contributed by atoms with Crippen molar-refractivity contribution in [2.24, 2.45) is 0 Å². The lowest BCUT2D eigenvalue weighted by Gasteiger charge is -2.22. The van der Waals surface area contributed by atoms with Crippen LogP contribution >= 0.6 is 0 Å². The van der Waals surface area contributed by atoms with Gasteiger partial charge in [0.05, 0.1) is 13.2 Å². The van der Waals surface area contributed by atoms with E-state index in [1.54, 1.807) is 0 Å². The van der Waals surface area contributed by atoms with Crippen LogP contribution in [0.3, 0.4) is 0 Å². The maximum atomic E-state index is 10.9. The minimum Gasteiger partial charge on any atom is -0.479 e. The Morgan fingerprint density at radius 2 is 2.25 bits per heavy atom. The van der Waals surface area contributed by atoms with Crippen molar-refractivity contribution >= 4 is 16.9 Å². The lowest BCUT2D eigenvalue weighted by atomic mass is 10.2. The highest BCUT2D eigenvalue weighted by Gasteiger charge is 2.25. The first-order valence-corrected chi connectivity index (χ1v) is 5.17. The summed E-state index contributed by atoms with van der Waals surface area (Å²) in [5.74, 6) is -0.900. The molecule has 1 aromatic carbocycles. The van der Waals surface area contributed by atoms with Gasteiger partial charge in [0, 0.05) is 11.2 Å². The molecule has 0 spiro atoms. The normalized spacial score (nSPS) is 19.6. The predicted molar refractivity (Wildman–Crippen MR) is 58.2 cm³/mol. The molecule has 0 radical (unpaired) electrons. The Kier molecular flexibility index (Phi) is 1.97. The number of carboxylic acids is 1. The maximum absolute atomic E-state index is 10.9. The molecule has 4 heteroatoms. The van der Waals surface area contributed by atoms with Gasteiger partial charge in [-0.05, 0) is 17.5 Å². The molecule has 1 N–H and O–H groups in total. The van der Waals surface area contributed by atoms with Gasteiger partial charge in [-0.2, -0.15) is 0 Å². The number of aromatic nitrogens is 1. The number of benzene rings is 1. The topological polar surface area (TPSA) is 51.5 Å². The molecule has 16 heavy (non-hydrogen) atoms. The lowest BCUT2D eigenvalue weighted by molar-refractivity contribution is -0.154. The summed E-state index contributed by atoms with van der Waals surface area (Å²) in [6.07, 6.45) is -0.733. The van der Waals surface area contributed by atoms with Crippen molar-refractivity contribution in [2.45, 2.75) is 19.3 Å². The summed E-state index contributed by atoms with van der Waals surface area (Å²) in [7, 11) is 0. The lowest BCUT2D eigenvalue weighted by Crippen LogP contribution is -2.33. The average molecular weight is 217 g/mol. The summed E-state index contributed by atoms with van der Waals surface area (Å²) < 4.78 is 7.30. The van der Waals surface area contributed by atoms with Crippen molar-refractivity contribution in [3.05, 3.63) is 36.0 Å². The van der Waals surface area contributed by atoms with E-state index < -0.39 is 12.1 Å². The summed E-state index contributed by atoms with van der Waals surface area (Å²) in [4.78, 5) is 10.9. The number of carboxylic acid groups (broad SMARTS) is 1. The molecule has 3 rings (SSSR count). The van der Waals surface area contributed by atoms with Crippen LogP contribution in [-0.4, -0.2) is 21.7 Å². The van der Waals surface area contributed by atoms with Gasteiger partial charge in [0.25, 0.3) is 0 Å². The fraction of sp³-hybridized carbons (Fsp3) is 0.250. The summed E-state index contributed by atoms with van der Waals surface area (Å²) in [6.45, 7) is 0.754. The van der Waals surface area contributed by atoms with E-state index >= 15 is 0 Å². The van der Waals surface area contributed by atoms with Crippen LogP contribution in [0.2, 0.25) is 0 Å². The number of fused-ring (bicyclic) bond motifs is 3. The van der Waals surface area contributed by atoms with Crippen molar-refractivity contribution in [3.63, 3.8) is 0 Å². The third kappa shape index (κ3) is 1.31. The molecule has 2 aromatic rings. The van der Waals surface area contributed by atoms with Crippen LogP contribution in [0.5, 0.6) is 0 Å². The highest BCUT2D eigenvalue weighted by atomic mass is 16.5. The van der Waals surface area contributed by atoms with Gasteiger partial charge >= 0.3 is 5.97 Å². The van der Waals surface area contributed by atoms with Crippen LogP contribution in [0, 0.1) is 0 Å². The molecule has 0 bridgehead atoms. The van der Waals surface area contributed by atoms with E-state index in [0.717, 1.165) is 16.6 Å². The molecule has 0 saturated carbocycles. The molecule has 1 unspecified atom stereocenters. The van der Waals surface area contributed by atoms with Gasteiger partial charge in [-0.1, -0.05) is 18.2 Å².